The second-order valence-electron chi connectivity index (χ2n) is 6.76. The molecule has 2 aliphatic rings. The molecule has 2 aliphatic heterocycles. The molecule has 2 aromatic rings. The number of amidine groups is 1. The summed E-state index contributed by atoms with van der Waals surface area (Å²) in [5.41, 5.74) is 3.63. The second-order valence-corrected chi connectivity index (χ2v) is 6.76. The molecule has 1 aromatic heterocycles. The van der Waals surface area contributed by atoms with Crippen molar-refractivity contribution in [3.63, 3.8) is 0 Å². The molecule has 0 N–H and O–H groups in total. The van der Waals surface area contributed by atoms with Gasteiger partial charge in [0.2, 0.25) is 5.88 Å². The summed E-state index contributed by atoms with van der Waals surface area (Å²) < 4.78 is 19.0. The number of aryl methyl sites for hydroxylation is 1. The summed E-state index contributed by atoms with van der Waals surface area (Å²) in [5.74, 6) is 1.09. The minimum absolute atomic E-state index is 0.161. The molecule has 24 heavy (non-hydrogen) atoms. The predicted molar refractivity (Wildman–Crippen MR) is 91.6 cm³/mol. The molecule has 1 aromatic carbocycles. The average Bonchev–Trinajstić information content (AvgIpc) is 3.04. The lowest BCUT2D eigenvalue weighted by atomic mass is 9.95. The molecule has 122 valence electrons. The highest BCUT2D eigenvalue weighted by Gasteiger charge is 2.28. The zero-order valence-electron chi connectivity index (χ0n) is 13.7. The van der Waals surface area contributed by atoms with Crippen LogP contribution in [0.15, 0.2) is 46.5 Å². The van der Waals surface area contributed by atoms with Crippen molar-refractivity contribution in [2.45, 2.75) is 32.3 Å². The molecule has 0 bridgehead atoms. The van der Waals surface area contributed by atoms with Gasteiger partial charge in [0.15, 0.2) is 5.84 Å². The fourth-order valence-corrected chi connectivity index (χ4v) is 2.93. The van der Waals surface area contributed by atoms with Crippen LogP contribution in [0.4, 0.5) is 4.39 Å². The molecule has 0 unspecified atom stereocenters. The summed E-state index contributed by atoms with van der Waals surface area (Å²) in [5, 5.41) is 0. The van der Waals surface area contributed by atoms with Gasteiger partial charge in [-0.25, -0.2) is 14.4 Å². The van der Waals surface area contributed by atoms with Gasteiger partial charge in [-0.1, -0.05) is 0 Å². The summed E-state index contributed by atoms with van der Waals surface area (Å²) >= 11 is 0. The number of aromatic nitrogens is 1. The Morgan fingerprint density at radius 2 is 1.92 bits per heavy atom. The highest BCUT2D eigenvalue weighted by atomic mass is 19.1. The van der Waals surface area contributed by atoms with E-state index in [1.165, 1.54) is 12.1 Å². The third kappa shape index (κ3) is 2.82. The maximum absolute atomic E-state index is 13.0. The number of aliphatic imine (C=N–C) groups is 2. The molecule has 3 heterocycles. The van der Waals surface area contributed by atoms with Crippen molar-refractivity contribution in [2.24, 2.45) is 9.98 Å². The molecule has 0 saturated carbocycles. The van der Waals surface area contributed by atoms with Gasteiger partial charge in [-0.05, 0) is 57.0 Å². The smallest absolute Gasteiger partial charge is 0.217 e. The summed E-state index contributed by atoms with van der Waals surface area (Å²) in [6, 6.07) is 8.33. The van der Waals surface area contributed by atoms with E-state index in [0.29, 0.717) is 18.3 Å². The molecule has 0 fully saturated rings. The Labute approximate surface area is 140 Å². The lowest BCUT2D eigenvalue weighted by molar-refractivity contribution is 0.0783. The number of fused-ring (bicyclic) bond motifs is 1. The van der Waals surface area contributed by atoms with Gasteiger partial charge >= 0.3 is 0 Å². The Kier molecular flexibility index (Phi) is 3.44. The van der Waals surface area contributed by atoms with Crippen LogP contribution in [-0.2, 0) is 6.42 Å². The number of halogens is 1. The van der Waals surface area contributed by atoms with E-state index in [4.69, 9.17) is 4.74 Å². The Morgan fingerprint density at radius 1 is 1.12 bits per heavy atom. The number of hydrogen-bond acceptors (Lipinski definition) is 4. The molecular weight excluding hydrogens is 305 g/mol. The number of pyridine rings is 1. The zero-order valence-corrected chi connectivity index (χ0v) is 13.7. The second kappa shape index (κ2) is 5.51. The lowest BCUT2D eigenvalue weighted by Crippen LogP contribution is -2.33. The van der Waals surface area contributed by atoms with Gasteiger partial charge in [0.25, 0.3) is 0 Å². The first-order valence-corrected chi connectivity index (χ1v) is 8.06. The van der Waals surface area contributed by atoms with Crippen LogP contribution in [-0.4, -0.2) is 28.7 Å². The molecule has 0 amide bonds. The SMILES string of the molecule is CC1(C)CCc2cc(C3=NC(c4ccc(F)cc4)=NC3)cnc2O1. The normalized spacial score (nSPS) is 18.5. The van der Waals surface area contributed by atoms with Crippen molar-refractivity contribution in [1.82, 2.24) is 4.98 Å². The zero-order chi connectivity index (χ0) is 16.7. The maximum Gasteiger partial charge on any atom is 0.217 e. The molecule has 4 nitrogen and oxygen atoms in total. The van der Waals surface area contributed by atoms with Gasteiger partial charge in [-0.15, -0.1) is 0 Å². The number of hydrogen-bond donors (Lipinski definition) is 0. The quantitative estimate of drug-likeness (QED) is 0.848. The lowest BCUT2D eigenvalue weighted by Gasteiger charge is -2.31. The first kappa shape index (κ1) is 15.0. The summed E-state index contributed by atoms with van der Waals surface area (Å²) in [6.45, 7) is 4.67. The van der Waals surface area contributed by atoms with Gasteiger partial charge < -0.3 is 4.74 Å². The third-order valence-corrected chi connectivity index (χ3v) is 4.35. The fraction of sp³-hybridized carbons (Fsp3) is 0.316. The van der Waals surface area contributed by atoms with Gasteiger partial charge in [0.1, 0.15) is 11.4 Å². The van der Waals surface area contributed by atoms with Crippen molar-refractivity contribution in [2.75, 3.05) is 6.54 Å². The molecule has 4 rings (SSSR count). The van der Waals surface area contributed by atoms with Crippen LogP contribution in [0, 0.1) is 5.82 Å². The minimum atomic E-state index is -0.261. The van der Waals surface area contributed by atoms with Crippen molar-refractivity contribution < 1.29 is 9.13 Å². The summed E-state index contributed by atoms with van der Waals surface area (Å²) in [4.78, 5) is 13.5. The first-order valence-electron chi connectivity index (χ1n) is 8.06. The average molecular weight is 323 g/mol. The summed E-state index contributed by atoms with van der Waals surface area (Å²) in [6.07, 6.45) is 3.71. The Balaban J connectivity index is 1.60. The van der Waals surface area contributed by atoms with Gasteiger partial charge in [-0.3, -0.25) is 4.99 Å². The number of ether oxygens (including phenoxy) is 1. The molecule has 5 heteroatoms. The minimum Gasteiger partial charge on any atom is -0.471 e. The van der Waals surface area contributed by atoms with E-state index in [9.17, 15) is 4.39 Å². The van der Waals surface area contributed by atoms with Crippen LogP contribution in [0.5, 0.6) is 5.88 Å². The van der Waals surface area contributed by atoms with Crippen LogP contribution in [0.25, 0.3) is 0 Å². The molecule has 0 radical (unpaired) electrons. The number of benzene rings is 1. The van der Waals surface area contributed by atoms with Crippen LogP contribution in [0.3, 0.4) is 0 Å². The third-order valence-electron chi connectivity index (χ3n) is 4.35. The van der Waals surface area contributed by atoms with Crippen molar-refractivity contribution in [3.8, 4) is 5.88 Å². The molecule has 0 spiro atoms. The molecular formula is C19H18FN3O. The van der Waals surface area contributed by atoms with Gasteiger partial charge in [0, 0.05) is 22.9 Å². The van der Waals surface area contributed by atoms with Crippen molar-refractivity contribution >= 4 is 11.5 Å². The van der Waals surface area contributed by atoms with E-state index in [1.54, 1.807) is 18.3 Å². The monoisotopic (exact) mass is 323 g/mol. The van der Waals surface area contributed by atoms with E-state index in [1.807, 2.05) is 0 Å². The van der Waals surface area contributed by atoms with Crippen LogP contribution in [0.2, 0.25) is 0 Å². The molecule has 0 aliphatic carbocycles. The highest BCUT2D eigenvalue weighted by Crippen LogP contribution is 2.31. The van der Waals surface area contributed by atoms with E-state index >= 15 is 0 Å². The van der Waals surface area contributed by atoms with Crippen LogP contribution < -0.4 is 4.74 Å². The largest absolute Gasteiger partial charge is 0.471 e. The first-order chi connectivity index (χ1) is 11.5. The number of nitrogens with zero attached hydrogens (tertiary/aromatic N) is 3. The van der Waals surface area contributed by atoms with E-state index in [2.05, 4.69) is 34.9 Å². The van der Waals surface area contributed by atoms with Crippen molar-refractivity contribution in [1.29, 1.82) is 0 Å². The standard InChI is InChI=1S/C19H18FN3O/c1-19(2)8-7-13-9-14(10-22-18(13)24-19)16-11-21-17(23-16)12-3-5-15(20)6-4-12/h3-6,9-10H,7-8,11H2,1-2H3. The van der Waals surface area contributed by atoms with Crippen molar-refractivity contribution in [3.05, 3.63) is 59.0 Å². The fourth-order valence-electron chi connectivity index (χ4n) is 2.93. The Hall–Kier alpha value is -2.56. The van der Waals surface area contributed by atoms with Gasteiger partial charge in [0.05, 0.1) is 12.3 Å². The topological polar surface area (TPSA) is 46.8 Å². The molecule has 0 atom stereocenters. The van der Waals surface area contributed by atoms with Gasteiger partial charge in [-0.2, -0.15) is 0 Å². The van der Waals surface area contributed by atoms with E-state index < -0.39 is 0 Å². The van der Waals surface area contributed by atoms with Crippen LogP contribution in [0.1, 0.15) is 37.0 Å². The summed E-state index contributed by atoms with van der Waals surface area (Å²) in [7, 11) is 0. The highest BCUT2D eigenvalue weighted by molar-refractivity contribution is 6.17. The van der Waals surface area contributed by atoms with Crippen LogP contribution >= 0.6 is 0 Å². The Bertz CT molecular complexity index is 853. The predicted octanol–water partition coefficient (Wildman–Crippen LogP) is 3.57. The van der Waals surface area contributed by atoms with E-state index in [0.717, 1.165) is 35.2 Å². The van der Waals surface area contributed by atoms with E-state index in [-0.39, 0.29) is 11.4 Å². The maximum atomic E-state index is 13.0. The Morgan fingerprint density at radius 3 is 2.71 bits per heavy atom. The molecule has 0 saturated heterocycles. The number of rotatable bonds is 2.